The normalized spacial score (nSPS) is 14.6. The monoisotopic (exact) mass is 1350 g/mol. The standard InChI is InChI=1S/C75H134O16P2/c1-4-7-10-13-16-19-22-25-27-29-31-32-33-34-35-36-38-40-41-44-46-49-52-55-58-61-73(78)85-64-70(76)65-87-92(81,82)88-66-71(77)67-89-93(83,84)90-69-72(91-75(80)63-60-57-54-51-48-43-24-21-18-15-12-9-6-3)68-86-74(79)62-59-56-53-50-47-45-42-39-37-30-28-26-23-20-17-14-11-8-5-2/h16-17,19-20,25-28,31-32,34-35,37,39,70-72,76-77H,4-15,18,21-24,29-30,33,36,38,40-69H2,1-3H3,(H,81,82)(H,83,84)/b19-16-,20-17-,27-25-,28-26-,32-31-,35-34-,39-37-. The average Bonchev–Trinajstić information content (AvgIpc) is 3.74. The molecule has 0 aliphatic heterocycles. The van der Waals surface area contributed by atoms with Crippen molar-refractivity contribution in [1.82, 2.24) is 0 Å². The number of ether oxygens (including phenoxy) is 3. The van der Waals surface area contributed by atoms with Crippen LogP contribution in [0.2, 0.25) is 0 Å². The van der Waals surface area contributed by atoms with Gasteiger partial charge < -0.3 is 34.2 Å². The van der Waals surface area contributed by atoms with Crippen molar-refractivity contribution in [2.45, 2.75) is 334 Å². The van der Waals surface area contributed by atoms with Crippen LogP contribution in [0.4, 0.5) is 0 Å². The number of rotatable bonds is 70. The molecule has 93 heavy (non-hydrogen) atoms. The number of hydrogen-bond acceptors (Lipinski definition) is 14. The summed E-state index contributed by atoms with van der Waals surface area (Å²) in [7, 11) is -9.78. The van der Waals surface area contributed by atoms with Crippen molar-refractivity contribution in [2.24, 2.45) is 0 Å². The molecule has 0 bridgehead atoms. The molecular formula is C75H134O16P2. The second-order valence-corrected chi connectivity index (χ2v) is 27.7. The van der Waals surface area contributed by atoms with Crippen molar-refractivity contribution in [3.63, 3.8) is 0 Å². The summed E-state index contributed by atoms with van der Waals surface area (Å²) in [5, 5.41) is 20.6. The minimum atomic E-state index is -4.92. The van der Waals surface area contributed by atoms with Gasteiger partial charge in [-0.3, -0.25) is 32.5 Å². The molecule has 18 heteroatoms. The molecule has 0 radical (unpaired) electrons. The highest BCUT2D eigenvalue weighted by atomic mass is 31.2. The molecule has 0 saturated heterocycles. The molecule has 0 aromatic rings. The Morgan fingerprint density at radius 1 is 0.301 bits per heavy atom. The zero-order valence-electron chi connectivity index (χ0n) is 58.7. The van der Waals surface area contributed by atoms with Gasteiger partial charge in [0.05, 0.1) is 26.4 Å². The molecule has 0 aliphatic carbocycles. The van der Waals surface area contributed by atoms with Crippen molar-refractivity contribution in [1.29, 1.82) is 0 Å². The van der Waals surface area contributed by atoms with Crippen LogP contribution in [0, 0.1) is 0 Å². The van der Waals surface area contributed by atoms with Gasteiger partial charge in [-0.2, -0.15) is 0 Å². The maximum Gasteiger partial charge on any atom is 0.472 e. The van der Waals surface area contributed by atoms with Crippen molar-refractivity contribution in [2.75, 3.05) is 39.6 Å². The van der Waals surface area contributed by atoms with E-state index in [9.17, 15) is 43.5 Å². The van der Waals surface area contributed by atoms with Crippen LogP contribution in [-0.4, -0.2) is 95.9 Å². The topological polar surface area (TPSA) is 231 Å². The second kappa shape index (κ2) is 68.7. The highest BCUT2D eigenvalue weighted by Crippen LogP contribution is 2.45. The first-order chi connectivity index (χ1) is 45.2. The van der Waals surface area contributed by atoms with Crippen molar-refractivity contribution < 1.29 is 75.8 Å². The maximum atomic E-state index is 12.9. The SMILES string of the molecule is CCCCC/C=C\C/C=C\C/C=C\C/C=C\CCCCCCCCCCCC(=O)OCC(O)COP(=O)(O)OCC(O)COP(=O)(O)OCC(COC(=O)CCCCCCCC/C=C\C/C=C\C/C=C\CCCCC)OC(=O)CCCCCCCCCCCCCCC. The third-order valence-electron chi connectivity index (χ3n) is 15.6. The summed E-state index contributed by atoms with van der Waals surface area (Å²) in [5.41, 5.74) is 0. The number of phosphoric ester groups is 2. The van der Waals surface area contributed by atoms with Crippen LogP contribution < -0.4 is 0 Å². The Morgan fingerprint density at radius 2 is 0.538 bits per heavy atom. The van der Waals surface area contributed by atoms with Crippen LogP contribution in [0.3, 0.4) is 0 Å². The highest BCUT2D eigenvalue weighted by molar-refractivity contribution is 7.47. The molecule has 5 unspecified atom stereocenters. The predicted molar refractivity (Wildman–Crippen MR) is 381 cm³/mol. The van der Waals surface area contributed by atoms with Crippen LogP contribution in [0.1, 0.15) is 316 Å². The molecule has 0 rings (SSSR count). The lowest BCUT2D eigenvalue weighted by molar-refractivity contribution is -0.161. The van der Waals surface area contributed by atoms with Crippen molar-refractivity contribution in [3.8, 4) is 0 Å². The van der Waals surface area contributed by atoms with E-state index in [2.05, 4.69) is 106 Å². The highest BCUT2D eigenvalue weighted by Gasteiger charge is 2.29. The van der Waals surface area contributed by atoms with E-state index in [4.69, 9.17) is 32.3 Å². The molecule has 5 atom stereocenters. The van der Waals surface area contributed by atoms with Crippen molar-refractivity contribution >= 4 is 33.6 Å². The van der Waals surface area contributed by atoms with E-state index in [0.29, 0.717) is 19.3 Å². The molecule has 0 saturated carbocycles. The Morgan fingerprint density at radius 3 is 0.871 bits per heavy atom. The van der Waals surface area contributed by atoms with E-state index in [0.717, 1.165) is 135 Å². The van der Waals surface area contributed by atoms with Crippen molar-refractivity contribution in [3.05, 3.63) is 85.1 Å². The van der Waals surface area contributed by atoms with E-state index in [-0.39, 0.29) is 19.3 Å². The number of esters is 3. The van der Waals surface area contributed by atoms with Gasteiger partial charge in [-0.1, -0.05) is 279 Å². The summed E-state index contributed by atoms with van der Waals surface area (Å²) < 4.78 is 61.0. The summed E-state index contributed by atoms with van der Waals surface area (Å²) in [5.74, 6) is -1.58. The van der Waals surface area contributed by atoms with Crippen LogP contribution in [0.25, 0.3) is 0 Å². The first-order valence-corrected chi connectivity index (χ1v) is 39.9. The third kappa shape index (κ3) is 69.9. The number of unbranched alkanes of at least 4 members (excludes halogenated alkanes) is 33. The maximum absolute atomic E-state index is 12.9. The van der Waals surface area contributed by atoms with Crippen LogP contribution in [0.5, 0.6) is 0 Å². The number of aliphatic hydroxyl groups excluding tert-OH is 2. The third-order valence-corrected chi connectivity index (χ3v) is 17.5. The molecule has 0 amide bonds. The summed E-state index contributed by atoms with van der Waals surface area (Å²) in [4.78, 5) is 58.5. The number of carbonyl (C=O) groups excluding carboxylic acids is 3. The molecule has 0 fully saturated rings. The summed E-state index contributed by atoms with van der Waals surface area (Å²) in [6.07, 6.45) is 74.8. The van der Waals surface area contributed by atoms with E-state index >= 15 is 0 Å². The average molecular weight is 1350 g/mol. The van der Waals surface area contributed by atoms with Crippen LogP contribution >= 0.6 is 15.6 Å². The van der Waals surface area contributed by atoms with E-state index < -0.39 is 91.5 Å². The molecular weight excluding hydrogens is 1220 g/mol. The zero-order valence-corrected chi connectivity index (χ0v) is 60.5. The minimum Gasteiger partial charge on any atom is -0.463 e. The van der Waals surface area contributed by atoms with E-state index in [1.807, 2.05) is 0 Å². The van der Waals surface area contributed by atoms with Gasteiger partial charge in [-0.25, -0.2) is 9.13 Å². The predicted octanol–water partition coefficient (Wildman–Crippen LogP) is 20.9. The molecule has 0 aromatic carbocycles. The minimum absolute atomic E-state index is 0.105. The van der Waals surface area contributed by atoms with Gasteiger partial charge in [0.15, 0.2) is 6.10 Å². The number of hydrogen-bond donors (Lipinski definition) is 4. The largest absolute Gasteiger partial charge is 0.472 e. The lowest BCUT2D eigenvalue weighted by atomic mass is 10.0. The lowest BCUT2D eigenvalue weighted by Crippen LogP contribution is -2.30. The van der Waals surface area contributed by atoms with Crippen LogP contribution in [-0.2, 0) is 55.8 Å². The number of aliphatic hydroxyl groups is 2. The Balaban J connectivity index is 4.55. The fourth-order valence-corrected chi connectivity index (χ4v) is 11.5. The Kier molecular flexibility index (Phi) is 66.2. The quantitative estimate of drug-likeness (QED) is 0.0146. The first kappa shape index (κ1) is 89.7. The van der Waals surface area contributed by atoms with Gasteiger partial charge in [0.2, 0.25) is 0 Å². The Bertz CT molecular complexity index is 2040. The van der Waals surface area contributed by atoms with Gasteiger partial charge >= 0.3 is 33.6 Å². The number of allylic oxidation sites excluding steroid dienone is 14. The lowest BCUT2D eigenvalue weighted by Gasteiger charge is -2.21. The zero-order chi connectivity index (χ0) is 68.1. The summed E-state index contributed by atoms with van der Waals surface area (Å²) in [6, 6.07) is 0. The van der Waals surface area contributed by atoms with Gasteiger partial charge in [0.25, 0.3) is 0 Å². The van der Waals surface area contributed by atoms with Gasteiger partial charge in [0.1, 0.15) is 25.4 Å². The molecule has 0 aliphatic rings. The molecule has 540 valence electrons. The van der Waals surface area contributed by atoms with Gasteiger partial charge in [0, 0.05) is 19.3 Å². The Hall–Kier alpha value is -3.27. The Labute approximate surface area is 565 Å². The van der Waals surface area contributed by atoms with E-state index in [1.54, 1.807) is 0 Å². The van der Waals surface area contributed by atoms with Gasteiger partial charge in [-0.05, 0) is 103 Å². The van der Waals surface area contributed by atoms with Gasteiger partial charge in [-0.15, -0.1) is 0 Å². The fourth-order valence-electron chi connectivity index (χ4n) is 9.91. The molecule has 16 nitrogen and oxygen atoms in total. The first-order valence-electron chi connectivity index (χ1n) is 36.9. The number of phosphoric acid groups is 2. The number of carbonyl (C=O) groups is 3. The molecule has 0 heterocycles. The summed E-state index contributed by atoms with van der Waals surface area (Å²) >= 11 is 0. The summed E-state index contributed by atoms with van der Waals surface area (Å²) in [6.45, 7) is 2.63. The smallest absolute Gasteiger partial charge is 0.463 e. The molecule has 4 N–H and O–H groups in total. The fraction of sp³-hybridized carbons (Fsp3) is 0.773. The molecule has 0 spiro atoms. The van der Waals surface area contributed by atoms with Crippen LogP contribution in [0.15, 0.2) is 85.1 Å². The van der Waals surface area contributed by atoms with E-state index in [1.165, 1.54) is 122 Å². The molecule has 0 aromatic heterocycles. The second-order valence-electron chi connectivity index (χ2n) is 24.7.